The molecule has 4 heterocycles. The van der Waals surface area contributed by atoms with Crippen LogP contribution in [0, 0.1) is 0 Å². The third-order valence-electron chi connectivity index (χ3n) is 6.15. The van der Waals surface area contributed by atoms with Gasteiger partial charge in [0.25, 0.3) is 0 Å². The van der Waals surface area contributed by atoms with Gasteiger partial charge in [0, 0.05) is 45.0 Å². The summed E-state index contributed by atoms with van der Waals surface area (Å²) in [6.45, 7) is 1.77. The predicted molar refractivity (Wildman–Crippen MR) is 124 cm³/mol. The summed E-state index contributed by atoms with van der Waals surface area (Å²) in [7, 11) is -0.0750. The Kier molecular flexibility index (Phi) is 7.35. The van der Waals surface area contributed by atoms with Crippen molar-refractivity contribution < 1.29 is 22.7 Å². The molecule has 2 aromatic heterocycles. The van der Waals surface area contributed by atoms with Gasteiger partial charge in [-0.1, -0.05) is 6.07 Å². The van der Waals surface area contributed by atoms with Gasteiger partial charge in [-0.2, -0.15) is 4.98 Å². The molecule has 180 valence electrons. The molecule has 1 N–H and O–H groups in total. The van der Waals surface area contributed by atoms with Crippen LogP contribution in [0.25, 0.3) is 0 Å². The Morgan fingerprint density at radius 2 is 2.03 bits per heavy atom. The van der Waals surface area contributed by atoms with E-state index in [0.29, 0.717) is 35.4 Å². The van der Waals surface area contributed by atoms with Crippen molar-refractivity contribution in [3.05, 3.63) is 29.8 Å². The van der Waals surface area contributed by atoms with Gasteiger partial charge in [0.1, 0.15) is 15.7 Å². The molecule has 0 saturated carbocycles. The van der Waals surface area contributed by atoms with E-state index in [2.05, 4.69) is 20.2 Å². The monoisotopic (exact) mass is 495 g/mol. The Morgan fingerprint density at radius 1 is 1.24 bits per heavy atom. The second-order valence-electron chi connectivity index (χ2n) is 8.19. The number of aromatic nitrogens is 2. The number of nitrogens with one attached hydrogen (secondary N) is 1. The average molecular weight is 496 g/mol. The van der Waals surface area contributed by atoms with Gasteiger partial charge in [-0.05, 0) is 37.1 Å². The molecule has 2 aromatic rings. The van der Waals surface area contributed by atoms with E-state index in [0.717, 1.165) is 25.9 Å². The van der Waals surface area contributed by atoms with E-state index < -0.39 is 15.2 Å². The fourth-order valence-electron chi connectivity index (χ4n) is 4.16. The highest BCUT2D eigenvalue weighted by Gasteiger charge is 2.35. The summed E-state index contributed by atoms with van der Waals surface area (Å²) >= 11 is 1.22. The molecule has 0 bridgehead atoms. The first kappa shape index (κ1) is 23.7. The van der Waals surface area contributed by atoms with Gasteiger partial charge in [0.05, 0.1) is 7.11 Å². The highest BCUT2D eigenvalue weighted by Crippen LogP contribution is 2.26. The highest BCUT2D eigenvalue weighted by atomic mass is 32.2. The third kappa shape index (κ3) is 5.39. The van der Waals surface area contributed by atoms with Gasteiger partial charge < -0.3 is 19.3 Å². The number of methoxy groups -OCH3 is 1. The number of nitrogens with zero attached hydrogens (tertiary/aromatic N) is 4. The SMILES string of the molecule is COc1ccnc(N2CCC(N(C)C(=O)OC3CCC(S(=O)(=O)c4cccs4)NC3)CC2)n1. The molecule has 4 rings (SSSR count). The fraction of sp³-hybridized carbons (Fsp3) is 0.571. The first-order valence-corrected chi connectivity index (χ1v) is 13.4. The summed E-state index contributed by atoms with van der Waals surface area (Å²) in [4.78, 5) is 25.1. The normalized spacial score (nSPS) is 22.1. The molecule has 2 fully saturated rings. The van der Waals surface area contributed by atoms with Crippen molar-refractivity contribution in [1.82, 2.24) is 20.2 Å². The molecule has 0 aliphatic carbocycles. The van der Waals surface area contributed by atoms with Crippen LogP contribution >= 0.6 is 11.3 Å². The smallest absolute Gasteiger partial charge is 0.410 e. The molecule has 0 aromatic carbocycles. The molecule has 1 amide bonds. The summed E-state index contributed by atoms with van der Waals surface area (Å²) in [6, 6.07) is 5.12. The minimum absolute atomic E-state index is 0.0582. The van der Waals surface area contributed by atoms with Crippen molar-refractivity contribution >= 4 is 33.2 Å². The second-order valence-corrected chi connectivity index (χ2v) is 11.5. The summed E-state index contributed by atoms with van der Waals surface area (Å²) in [5.41, 5.74) is 0. The summed E-state index contributed by atoms with van der Waals surface area (Å²) < 4.78 is 36.5. The molecular formula is C21H29N5O5S2. The summed E-state index contributed by atoms with van der Waals surface area (Å²) in [6.07, 6.45) is 3.41. The van der Waals surface area contributed by atoms with Crippen LogP contribution in [-0.4, -0.2) is 80.7 Å². The Hall–Kier alpha value is -2.44. The van der Waals surface area contributed by atoms with E-state index in [1.165, 1.54) is 11.3 Å². The van der Waals surface area contributed by atoms with Gasteiger partial charge in [0.2, 0.25) is 21.7 Å². The second kappa shape index (κ2) is 10.2. The lowest BCUT2D eigenvalue weighted by Crippen LogP contribution is -2.50. The number of piperidine rings is 2. The zero-order chi connectivity index (χ0) is 23.4. The Bertz CT molecular complexity index is 1030. The standard InChI is InChI=1S/C21H29N5O5S2/c1-25(15-8-11-26(12-9-15)20-22-10-7-17(24-20)30-2)21(27)31-16-5-6-18(23-14-16)33(28,29)19-4-3-13-32-19/h3-4,7,10,13,15-16,18,23H,5-6,8-9,11-12,14H2,1-2H3. The van der Waals surface area contributed by atoms with Crippen molar-refractivity contribution in [3.63, 3.8) is 0 Å². The summed E-state index contributed by atoms with van der Waals surface area (Å²) in [5, 5.41) is 4.16. The molecule has 2 aliphatic rings. The fourth-order valence-corrected chi connectivity index (χ4v) is 6.97. The van der Waals surface area contributed by atoms with Crippen LogP contribution in [0.1, 0.15) is 25.7 Å². The maximum absolute atomic E-state index is 12.7. The van der Waals surface area contributed by atoms with Crippen LogP contribution in [0.5, 0.6) is 5.88 Å². The van der Waals surface area contributed by atoms with Crippen LogP contribution in [0.3, 0.4) is 0 Å². The lowest BCUT2D eigenvalue weighted by Gasteiger charge is -2.37. The van der Waals surface area contributed by atoms with Crippen LogP contribution in [0.4, 0.5) is 10.7 Å². The molecule has 2 unspecified atom stereocenters. The van der Waals surface area contributed by atoms with Gasteiger partial charge in [-0.3, -0.25) is 5.32 Å². The topological polar surface area (TPSA) is 114 Å². The lowest BCUT2D eigenvalue weighted by molar-refractivity contribution is 0.0438. The van der Waals surface area contributed by atoms with E-state index in [9.17, 15) is 13.2 Å². The van der Waals surface area contributed by atoms with Crippen LogP contribution in [-0.2, 0) is 14.6 Å². The number of anilines is 1. The number of carbonyl (C=O) groups is 1. The lowest BCUT2D eigenvalue weighted by atomic mass is 10.0. The minimum Gasteiger partial charge on any atom is -0.481 e. The van der Waals surface area contributed by atoms with E-state index in [-0.39, 0.29) is 18.2 Å². The number of hydrogen-bond acceptors (Lipinski definition) is 10. The number of thiophene rings is 1. The first-order chi connectivity index (χ1) is 15.9. The van der Waals surface area contributed by atoms with E-state index >= 15 is 0 Å². The van der Waals surface area contributed by atoms with Crippen LogP contribution < -0.4 is 15.0 Å². The Labute approximate surface area is 197 Å². The molecule has 2 saturated heterocycles. The molecule has 2 atom stereocenters. The highest BCUT2D eigenvalue weighted by molar-refractivity contribution is 7.94. The average Bonchev–Trinajstić information content (AvgIpc) is 3.40. The van der Waals surface area contributed by atoms with Crippen molar-refractivity contribution in [2.45, 2.75) is 47.4 Å². The molecule has 33 heavy (non-hydrogen) atoms. The molecule has 0 spiro atoms. The zero-order valence-electron chi connectivity index (χ0n) is 18.7. The Morgan fingerprint density at radius 3 is 2.67 bits per heavy atom. The number of carbonyl (C=O) groups excluding carboxylic acids is 1. The molecule has 0 radical (unpaired) electrons. The van der Waals surface area contributed by atoms with Crippen molar-refractivity contribution in [2.24, 2.45) is 0 Å². The van der Waals surface area contributed by atoms with E-state index in [4.69, 9.17) is 9.47 Å². The number of rotatable bonds is 6. The number of ether oxygens (including phenoxy) is 2. The van der Waals surface area contributed by atoms with Gasteiger partial charge in [-0.25, -0.2) is 18.2 Å². The van der Waals surface area contributed by atoms with Crippen molar-refractivity contribution in [3.8, 4) is 5.88 Å². The van der Waals surface area contributed by atoms with Crippen LogP contribution in [0.2, 0.25) is 0 Å². The molecule has 2 aliphatic heterocycles. The van der Waals surface area contributed by atoms with E-state index in [1.54, 1.807) is 48.8 Å². The molecular weight excluding hydrogens is 466 g/mol. The van der Waals surface area contributed by atoms with Crippen LogP contribution in [0.15, 0.2) is 34.0 Å². The van der Waals surface area contributed by atoms with Gasteiger partial charge in [0.15, 0.2) is 0 Å². The van der Waals surface area contributed by atoms with Crippen molar-refractivity contribution in [1.29, 1.82) is 0 Å². The number of hydrogen-bond donors (Lipinski definition) is 1. The molecule has 12 heteroatoms. The minimum atomic E-state index is -3.40. The summed E-state index contributed by atoms with van der Waals surface area (Å²) in [5.74, 6) is 1.15. The zero-order valence-corrected chi connectivity index (χ0v) is 20.3. The predicted octanol–water partition coefficient (Wildman–Crippen LogP) is 2.14. The van der Waals surface area contributed by atoms with Gasteiger partial charge in [-0.15, -0.1) is 11.3 Å². The quantitative estimate of drug-likeness (QED) is 0.644. The van der Waals surface area contributed by atoms with E-state index in [1.807, 2.05) is 0 Å². The number of sulfone groups is 1. The Balaban J connectivity index is 1.24. The first-order valence-electron chi connectivity index (χ1n) is 10.9. The maximum Gasteiger partial charge on any atom is 0.410 e. The van der Waals surface area contributed by atoms with Gasteiger partial charge >= 0.3 is 6.09 Å². The number of amides is 1. The molecule has 10 nitrogen and oxygen atoms in total. The van der Waals surface area contributed by atoms with Crippen molar-refractivity contribution in [2.75, 3.05) is 38.7 Å². The third-order valence-corrected chi connectivity index (χ3v) is 9.65. The maximum atomic E-state index is 12.7. The largest absolute Gasteiger partial charge is 0.481 e.